The van der Waals surface area contributed by atoms with E-state index in [2.05, 4.69) is 42.5 Å². The normalized spacial score (nSPS) is 21.7. The molecule has 10 heteroatoms. The number of halogens is 2. The maximum atomic E-state index is 13.9. The SMILES string of the molecule is CC(C)[C@@H]1COCCN1c1cc(N2CCOC[C@H]2C(C)C)nc(-c2cnc(N)cc2C(F)F)n1. The predicted molar refractivity (Wildman–Crippen MR) is 128 cm³/mol. The lowest BCUT2D eigenvalue weighted by Crippen LogP contribution is -2.50. The minimum absolute atomic E-state index is 0.0385. The average Bonchev–Trinajstić information content (AvgIpc) is 2.83. The summed E-state index contributed by atoms with van der Waals surface area (Å²) in [6.07, 6.45) is -1.38. The van der Waals surface area contributed by atoms with Gasteiger partial charge in [-0.2, -0.15) is 0 Å². The van der Waals surface area contributed by atoms with Gasteiger partial charge in [0.05, 0.1) is 38.5 Å². The highest BCUT2D eigenvalue weighted by Gasteiger charge is 2.32. The Bertz CT molecular complexity index is 944. The van der Waals surface area contributed by atoms with Crippen molar-refractivity contribution in [3.8, 4) is 11.4 Å². The number of pyridine rings is 1. The van der Waals surface area contributed by atoms with E-state index in [1.54, 1.807) is 0 Å². The van der Waals surface area contributed by atoms with Crippen molar-refractivity contribution >= 4 is 17.5 Å². The lowest BCUT2D eigenvalue weighted by molar-refractivity contribution is 0.0795. The first-order valence-corrected chi connectivity index (χ1v) is 11.9. The lowest BCUT2D eigenvalue weighted by Gasteiger charge is -2.41. The van der Waals surface area contributed by atoms with Gasteiger partial charge in [-0.05, 0) is 17.9 Å². The Morgan fingerprint density at radius 2 is 1.44 bits per heavy atom. The molecule has 4 rings (SSSR count). The highest BCUT2D eigenvalue weighted by molar-refractivity contribution is 5.66. The van der Waals surface area contributed by atoms with Crippen LogP contribution in [-0.2, 0) is 9.47 Å². The van der Waals surface area contributed by atoms with E-state index in [1.165, 1.54) is 12.3 Å². The van der Waals surface area contributed by atoms with Crippen molar-refractivity contribution in [2.75, 3.05) is 55.1 Å². The van der Waals surface area contributed by atoms with Crippen LogP contribution < -0.4 is 15.5 Å². The topological polar surface area (TPSA) is 89.6 Å². The van der Waals surface area contributed by atoms with Crippen molar-refractivity contribution in [3.05, 3.63) is 23.9 Å². The Balaban J connectivity index is 1.87. The van der Waals surface area contributed by atoms with Crippen LogP contribution in [0.4, 0.5) is 26.2 Å². The van der Waals surface area contributed by atoms with Crippen molar-refractivity contribution in [1.82, 2.24) is 15.0 Å². The standard InChI is InChI=1S/C24H34F2N6O2/c1-14(2)18-12-33-7-5-31(18)21-10-22(32-6-8-34-13-19(32)15(3)4)30-24(29-21)17-11-28-20(27)9-16(17)23(25)26/h9-11,14-15,18-19,23H,5-8,12-13H2,1-4H3,(H2,27,28)/t18-,19-/m0/s1. The minimum atomic E-state index is -2.73. The molecule has 0 aromatic carbocycles. The van der Waals surface area contributed by atoms with Gasteiger partial charge in [0, 0.05) is 36.5 Å². The molecular formula is C24H34F2N6O2. The van der Waals surface area contributed by atoms with E-state index in [0.29, 0.717) is 63.0 Å². The summed E-state index contributed by atoms with van der Waals surface area (Å²) in [4.78, 5) is 18.1. The van der Waals surface area contributed by atoms with Gasteiger partial charge in [-0.25, -0.2) is 23.7 Å². The lowest BCUT2D eigenvalue weighted by atomic mass is 10.0. The second-order valence-corrected chi connectivity index (χ2v) is 9.56. The zero-order valence-electron chi connectivity index (χ0n) is 20.2. The van der Waals surface area contributed by atoms with Gasteiger partial charge >= 0.3 is 0 Å². The van der Waals surface area contributed by atoms with Gasteiger partial charge in [0.1, 0.15) is 17.5 Å². The molecule has 2 fully saturated rings. The van der Waals surface area contributed by atoms with Crippen molar-refractivity contribution in [3.63, 3.8) is 0 Å². The van der Waals surface area contributed by atoms with Crippen LogP contribution in [0.1, 0.15) is 39.7 Å². The Morgan fingerprint density at radius 3 is 1.91 bits per heavy atom. The Morgan fingerprint density at radius 1 is 0.912 bits per heavy atom. The summed E-state index contributed by atoms with van der Waals surface area (Å²) < 4.78 is 39.4. The zero-order chi connectivity index (χ0) is 24.4. The molecule has 2 aromatic rings. The smallest absolute Gasteiger partial charge is 0.264 e. The molecule has 0 bridgehead atoms. The molecule has 34 heavy (non-hydrogen) atoms. The summed E-state index contributed by atoms with van der Waals surface area (Å²) in [5.74, 6) is 2.31. The molecule has 4 heterocycles. The fraction of sp³-hybridized carbons (Fsp3) is 0.625. The van der Waals surface area contributed by atoms with Gasteiger partial charge < -0.3 is 25.0 Å². The molecule has 186 valence electrons. The quantitative estimate of drug-likeness (QED) is 0.674. The summed E-state index contributed by atoms with van der Waals surface area (Å²) in [7, 11) is 0. The summed E-state index contributed by atoms with van der Waals surface area (Å²) in [5.41, 5.74) is 5.68. The maximum absolute atomic E-state index is 13.9. The van der Waals surface area contributed by atoms with Crippen LogP contribution in [0.25, 0.3) is 11.4 Å². The van der Waals surface area contributed by atoms with Gasteiger partial charge in [-0.3, -0.25) is 0 Å². The molecular weight excluding hydrogens is 442 g/mol. The largest absolute Gasteiger partial charge is 0.384 e. The number of nitrogens with zero attached hydrogens (tertiary/aromatic N) is 5. The van der Waals surface area contributed by atoms with Crippen molar-refractivity contribution in [2.45, 2.75) is 46.2 Å². The minimum Gasteiger partial charge on any atom is -0.384 e. The fourth-order valence-electron chi connectivity index (χ4n) is 4.61. The Kier molecular flexibility index (Phi) is 7.47. The molecule has 8 nitrogen and oxygen atoms in total. The van der Waals surface area contributed by atoms with E-state index in [4.69, 9.17) is 25.2 Å². The van der Waals surface area contributed by atoms with Crippen LogP contribution in [0.3, 0.4) is 0 Å². The van der Waals surface area contributed by atoms with Gasteiger partial charge in [0.2, 0.25) is 0 Å². The number of alkyl halides is 2. The monoisotopic (exact) mass is 476 g/mol. The molecule has 0 aliphatic carbocycles. The van der Waals surface area contributed by atoms with Crippen LogP contribution >= 0.6 is 0 Å². The van der Waals surface area contributed by atoms with Crippen LogP contribution in [0.5, 0.6) is 0 Å². The highest BCUT2D eigenvalue weighted by atomic mass is 19.3. The summed E-state index contributed by atoms with van der Waals surface area (Å²) in [5, 5.41) is 0. The average molecular weight is 477 g/mol. The predicted octanol–water partition coefficient (Wildman–Crippen LogP) is 3.78. The Hall–Kier alpha value is -2.59. The molecule has 0 saturated carbocycles. The number of hydrogen-bond acceptors (Lipinski definition) is 8. The van der Waals surface area contributed by atoms with Crippen molar-refractivity contribution < 1.29 is 18.3 Å². The van der Waals surface area contributed by atoms with Crippen LogP contribution in [0.2, 0.25) is 0 Å². The first kappa shape index (κ1) is 24.5. The van der Waals surface area contributed by atoms with Gasteiger partial charge in [-0.15, -0.1) is 0 Å². The maximum Gasteiger partial charge on any atom is 0.264 e. The summed E-state index contributed by atoms with van der Waals surface area (Å²) in [6, 6.07) is 3.41. The van der Waals surface area contributed by atoms with E-state index >= 15 is 0 Å². The molecule has 2 atom stereocenters. The third-order valence-corrected chi connectivity index (χ3v) is 6.59. The molecule has 2 saturated heterocycles. The number of ether oxygens (including phenoxy) is 2. The third kappa shape index (κ3) is 5.07. The van der Waals surface area contributed by atoms with Crippen LogP contribution in [-0.4, -0.2) is 66.6 Å². The molecule has 2 aliphatic rings. The molecule has 2 aromatic heterocycles. The molecule has 2 N–H and O–H groups in total. The van der Waals surface area contributed by atoms with Crippen LogP contribution in [0.15, 0.2) is 18.3 Å². The number of hydrogen-bond donors (Lipinski definition) is 1. The number of anilines is 3. The summed E-state index contributed by atoms with van der Waals surface area (Å²) in [6.45, 7) is 12.2. The van der Waals surface area contributed by atoms with E-state index in [-0.39, 0.29) is 34.9 Å². The van der Waals surface area contributed by atoms with Crippen molar-refractivity contribution in [2.24, 2.45) is 11.8 Å². The zero-order valence-corrected chi connectivity index (χ0v) is 20.2. The van der Waals surface area contributed by atoms with Crippen LogP contribution in [0, 0.1) is 11.8 Å². The second-order valence-electron chi connectivity index (χ2n) is 9.56. The third-order valence-electron chi connectivity index (χ3n) is 6.59. The number of nitrogens with two attached hydrogens (primary N) is 1. The number of rotatable bonds is 6. The first-order chi connectivity index (χ1) is 16.3. The molecule has 0 radical (unpaired) electrons. The van der Waals surface area contributed by atoms with Gasteiger partial charge in [0.15, 0.2) is 5.82 Å². The number of nitrogen functional groups attached to an aromatic ring is 1. The highest BCUT2D eigenvalue weighted by Crippen LogP contribution is 2.34. The summed E-state index contributed by atoms with van der Waals surface area (Å²) >= 11 is 0. The molecule has 0 unspecified atom stereocenters. The van der Waals surface area contributed by atoms with Gasteiger partial charge in [-0.1, -0.05) is 27.7 Å². The molecule has 0 spiro atoms. The first-order valence-electron chi connectivity index (χ1n) is 11.9. The van der Waals surface area contributed by atoms with E-state index in [9.17, 15) is 8.78 Å². The van der Waals surface area contributed by atoms with Gasteiger partial charge in [0.25, 0.3) is 6.43 Å². The fourth-order valence-corrected chi connectivity index (χ4v) is 4.61. The number of aromatic nitrogens is 3. The van der Waals surface area contributed by atoms with E-state index < -0.39 is 6.43 Å². The number of morpholine rings is 2. The second kappa shape index (κ2) is 10.4. The Labute approximate surface area is 199 Å². The molecule has 0 amide bonds. The molecule has 2 aliphatic heterocycles. The van der Waals surface area contributed by atoms with Crippen molar-refractivity contribution in [1.29, 1.82) is 0 Å². The van der Waals surface area contributed by atoms with E-state index in [0.717, 1.165) is 0 Å². The van der Waals surface area contributed by atoms with E-state index in [1.807, 2.05) is 6.07 Å².